The molecule has 0 aliphatic carbocycles. The number of primary amides is 1. The molecule has 0 aliphatic rings. The van der Waals surface area contributed by atoms with Crippen LogP contribution in [-0.2, 0) is 9.53 Å². The first-order chi connectivity index (χ1) is 9.43. The van der Waals surface area contributed by atoms with Crippen LogP contribution in [-0.4, -0.2) is 29.0 Å². The molecule has 8 heteroatoms. The Kier molecular flexibility index (Phi) is 5.73. The van der Waals surface area contributed by atoms with E-state index < -0.39 is 16.1 Å². The van der Waals surface area contributed by atoms with Crippen LogP contribution in [0.5, 0.6) is 0 Å². The first-order valence-electron chi connectivity index (χ1n) is 5.39. The summed E-state index contributed by atoms with van der Waals surface area (Å²) in [5.41, 5.74) is 5.78. The molecule has 0 aromatic heterocycles. The van der Waals surface area contributed by atoms with E-state index in [4.69, 9.17) is 5.73 Å². The highest BCUT2D eigenvalue weighted by Gasteiger charge is 2.12. The summed E-state index contributed by atoms with van der Waals surface area (Å²) < 4.78 is 4.60. The molecule has 7 nitrogen and oxygen atoms in total. The van der Waals surface area contributed by atoms with Crippen molar-refractivity contribution in [1.29, 1.82) is 0 Å². The van der Waals surface area contributed by atoms with Crippen molar-refractivity contribution in [2.45, 2.75) is 0 Å². The highest BCUT2D eigenvalue weighted by Crippen LogP contribution is 2.17. The number of non-ortho nitro benzene ring substituents is 1. The third-order valence-corrected chi connectivity index (χ3v) is 3.00. The van der Waals surface area contributed by atoms with Crippen LogP contribution in [0, 0.1) is 10.1 Å². The highest BCUT2D eigenvalue weighted by atomic mass is 32.2. The van der Waals surface area contributed by atoms with E-state index in [-0.39, 0.29) is 17.0 Å². The Balaban J connectivity index is 2.96. The maximum absolute atomic E-state index is 11.5. The number of nitro benzene ring substituents is 1. The Morgan fingerprint density at radius 3 is 2.45 bits per heavy atom. The van der Waals surface area contributed by atoms with Crippen molar-refractivity contribution in [2.75, 3.05) is 12.9 Å². The van der Waals surface area contributed by atoms with Crippen molar-refractivity contribution < 1.29 is 19.2 Å². The van der Waals surface area contributed by atoms with Gasteiger partial charge in [-0.1, -0.05) is 11.8 Å². The van der Waals surface area contributed by atoms with Crippen molar-refractivity contribution in [3.05, 3.63) is 45.5 Å². The molecule has 0 unspecified atom stereocenters. The van der Waals surface area contributed by atoms with Crippen LogP contribution in [0.2, 0.25) is 0 Å². The van der Waals surface area contributed by atoms with Gasteiger partial charge in [-0.25, -0.2) is 4.79 Å². The van der Waals surface area contributed by atoms with Gasteiger partial charge in [0.2, 0.25) is 0 Å². The maximum atomic E-state index is 11.5. The van der Waals surface area contributed by atoms with Crippen LogP contribution in [0.4, 0.5) is 10.5 Å². The van der Waals surface area contributed by atoms with E-state index in [9.17, 15) is 19.7 Å². The number of thioether (sulfide) groups is 1. The number of amides is 1. The Hall–Kier alpha value is -2.35. The number of hydrogen-bond donors (Lipinski definition) is 1. The largest absolute Gasteiger partial charge is 0.466 e. The summed E-state index contributed by atoms with van der Waals surface area (Å²) in [5.74, 6) is -0.518. The minimum Gasteiger partial charge on any atom is -0.466 e. The lowest BCUT2D eigenvalue weighted by Gasteiger charge is -2.04. The fourth-order valence-corrected chi connectivity index (χ4v) is 1.83. The second-order valence-corrected chi connectivity index (χ2v) is 4.60. The van der Waals surface area contributed by atoms with Crippen LogP contribution in [0.3, 0.4) is 0 Å². The van der Waals surface area contributed by atoms with E-state index in [1.54, 1.807) is 0 Å². The predicted octanol–water partition coefficient (Wildman–Crippen LogP) is 1.96. The van der Waals surface area contributed by atoms with Gasteiger partial charge in [0.1, 0.15) is 0 Å². The molecule has 20 heavy (non-hydrogen) atoms. The molecule has 0 fully saturated rings. The number of rotatable bonds is 5. The van der Waals surface area contributed by atoms with Crippen molar-refractivity contribution in [3.8, 4) is 0 Å². The summed E-state index contributed by atoms with van der Waals surface area (Å²) in [5, 5.41) is 9.92. The third kappa shape index (κ3) is 4.73. The van der Waals surface area contributed by atoms with Crippen LogP contribution < -0.4 is 5.73 Å². The molecule has 1 aromatic carbocycles. The standard InChI is InChI=1S/C12H12N2O5S/c1-19-11(15)9(7-20-12(13)16)6-8-2-4-10(5-3-8)14(17)18/h2-6H,7H2,1H3,(H2,13,16)/b9-6+. The Bertz CT molecular complexity index is 553. The number of hydrogen-bond acceptors (Lipinski definition) is 6. The lowest BCUT2D eigenvalue weighted by atomic mass is 10.1. The molecule has 0 saturated heterocycles. The lowest BCUT2D eigenvalue weighted by molar-refractivity contribution is -0.384. The zero-order valence-electron chi connectivity index (χ0n) is 10.6. The van der Waals surface area contributed by atoms with Gasteiger partial charge in [-0.3, -0.25) is 14.9 Å². The molecule has 106 valence electrons. The number of carbonyl (C=O) groups excluding carboxylic acids is 2. The van der Waals surface area contributed by atoms with E-state index in [1.807, 2.05) is 0 Å². The van der Waals surface area contributed by atoms with Crippen LogP contribution in [0.25, 0.3) is 6.08 Å². The van der Waals surface area contributed by atoms with Crippen LogP contribution in [0.15, 0.2) is 29.8 Å². The zero-order chi connectivity index (χ0) is 15.1. The van der Waals surface area contributed by atoms with Gasteiger partial charge in [0, 0.05) is 23.5 Å². The number of nitro groups is 1. The molecule has 1 amide bonds. The van der Waals surface area contributed by atoms with Gasteiger partial charge in [-0.15, -0.1) is 0 Å². The van der Waals surface area contributed by atoms with Crippen molar-refractivity contribution in [3.63, 3.8) is 0 Å². The van der Waals surface area contributed by atoms with Gasteiger partial charge in [0.05, 0.1) is 12.0 Å². The summed E-state index contributed by atoms with van der Waals surface area (Å²) in [6, 6.07) is 5.63. The fourth-order valence-electron chi connectivity index (χ4n) is 1.33. The number of esters is 1. The van der Waals surface area contributed by atoms with E-state index in [2.05, 4.69) is 4.74 Å². The number of ether oxygens (including phenoxy) is 1. The van der Waals surface area contributed by atoms with E-state index in [0.29, 0.717) is 5.56 Å². The number of nitrogens with two attached hydrogens (primary N) is 1. The number of carbonyl (C=O) groups is 2. The molecular formula is C12H12N2O5S. The first kappa shape index (κ1) is 15.7. The molecule has 0 atom stereocenters. The van der Waals surface area contributed by atoms with Crippen LogP contribution >= 0.6 is 11.8 Å². The minimum absolute atomic E-state index is 0.0479. The smallest absolute Gasteiger partial charge is 0.334 e. The van der Waals surface area contributed by atoms with E-state index in [1.165, 1.54) is 37.5 Å². The maximum Gasteiger partial charge on any atom is 0.334 e. The summed E-state index contributed by atoms with van der Waals surface area (Å²) >= 11 is 0.772. The Morgan fingerprint density at radius 1 is 1.40 bits per heavy atom. The summed E-state index contributed by atoms with van der Waals surface area (Å²) in [7, 11) is 1.22. The van der Waals surface area contributed by atoms with Crippen molar-refractivity contribution >= 4 is 34.7 Å². The quantitative estimate of drug-likeness (QED) is 0.384. The molecule has 0 saturated carbocycles. The molecule has 1 aromatic rings. The summed E-state index contributed by atoms with van der Waals surface area (Å²) in [6.07, 6.45) is 1.49. The van der Waals surface area contributed by atoms with Gasteiger partial charge in [-0.05, 0) is 23.8 Å². The number of nitrogens with zero attached hydrogens (tertiary/aromatic N) is 1. The minimum atomic E-state index is -0.608. The SMILES string of the molecule is COC(=O)/C(=C/c1ccc([N+](=O)[O-])cc1)CSC(N)=O. The second-order valence-electron chi connectivity index (χ2n) is 3.62. The molecular weight excluding hydrogens is 284 g/mol. The molecule has 0 aliphatic heterocycles. The Morgan fingerprint density at radius 2 is 2.00 bits per heavy atom. The third-order valence-electron chi connectivity index (χ3n) is 2.26. The molecule has 2 N–H and O–H groups in total. The van der Waals surface area contributed by atoms with Gasteiger partial charge >= 0.3 is 5.97 Å². The van der Waals surface area contributed by atoms with Gasteiger partial charge in [0.25, 0.3) is 10.9 Å². The normalized spacial score (nSPS) is 10.9. The zero-order valence-corrected chi connectivity index (χ0v) is 11.4. The average Bonchev–Trinajstić information content (AvgIpc) is 2.42. The Labute approximate surface area is 118 Å². The summed E-state index contributed by atoms with van der Waals surface area (Å²) in [6.45, 7) is 0. The average molecular weight is 296 g/mol. The summed E-state index contributed by atoms with van der Waals surface area (Å²) in [4.78, 5) is 32.3. The number of methoxy groups -OCH3 is 1. The number of benzene rings is 1. The molecule has 0 heterocycles. The molecule has 0 bridgehead atoms. The fraction of sp³-hybridized carbons (Fsp3) is 0.167. The van der Waals surface area contributed by atoms with Crippen molar-refractivity contribution in [1.82, 2.24) is 0 Å². The monoisotopic (exact) mass is 296 g/mol. The predicted molar refractivity (Wildman–Crippen MR) is 75.1 cm³/mol. The van der Waals surface area contributed by atoms with Gasteiger partial charge < -0.3 is 10.5 Å². The van der Waals surface area contributed by atoms with Crippen molar-refractivity contribution in [2.24, 2.45) is 5.73 Å². The van der Waals surface area contributed by atoms with Gasteiger partial charge in [0.15, 0.2) is 0 Å². The van der Waals surface area contributed by atoms with Gasteiger partial charge in [-0.2, -0.15) is 0 Å². The topological polar surface area (TPSA) is 113 Å². The lowest BCUT2D eigenvalue weighted by Crippen LogP contribution is -2.10. The highest BCUT2D eigenvalue weighted by molar-refractivity contribution is 8.13. The van der Waals surface area contributed by atoms with Crippen LogP contribution in [0.1, 0.15) is 5.56 Å². The first-order valence-corrected chi connectivity index (χ1v) is 6.38. The molecule has 0 radical (unpaired) electrons. The van der Waals surface area contributed by atoms with E-state index >= 15 is 0 Å². The molecule has 1 rings (SSSR count). The second kappa shape index (κ2) is 7.29. The van der Waals surface area contributed by atoms with E-state index in [0.717, 1.165) is 11.8 Å². The molecule has 0 spiro atoms.